The molecule has 176 valence electrons. The van der Waals surface area contributed by atoms with E-state index in [4.69, 9.17) is 4.42 Å². The highest BCUT2D eigenvalue weighted by Gasteiger charge is 2.38. The molecule has 0 fully saturated rings. The molecular weight excluding hydrogens is 479 g/mol. The Morgan fingerprint density at radius 3 is 2.59 bits per heavy atom. The third-order valence-corrected chi connectivity index (χ3v) is 5.87. The maximum atomic E-state index is 14.6. The molecule has 0 spiro atoms. The molecule has 6 nitrogen and oxygen atoms in total. The Kier molecular flexibility index (Phi) is 6.42. The van der Waals surface area contributed by atoms with Crippen molar-refractivity contribution in [2.24, 2.45) is 4.36 Å². The van der Waals surface area contributed by atoms with Crippen LogP contribution in [0.3, 0.4) is 0 Å². The highest BCUT2D eigenvalue weighted by Crippen LogP contribution is 2.33. The van der Waals surface area contributed by atoms with Crippen LogP contribution in [-0.4, -0.2) is 28.3 Å². The standard InChI is InChI=1S/C22H15F5N4O2S/c1-34(31-21(32)22(25,26)27)11-12-4-6-28-18(8-12)30-19-9-15(17(24)10-29-19)13-2-3-16(23)14-5-7-33-20(13)14/h2-10H,11H2,1H3,(H,28,29,30). The lowest BCUT2D eigenvalue weighted by atomic mass is 10.0. The number of fused-ring (bicyclic) bond motifs is 1. The number of carbonyl (C=O) groups excluding carboxylic acids is 1. The van der Waals surface area contributed by atoms with Crippen LogP contribution < -0.4 is 5.32 Å². The number of furan rings is 1. The largest absolute Gasteiger partial charge is 0.474 e. The van der Waals surface area contributed by atoms with Crippen LogP contribution in [0.4, 0.5) is 33.6 Å². The molecular formula is C22H15F5N4O2S. The zero-order valence-electron chi connectivity index (χ0n) is 17.4. The van der Waals surface area contributed by atoms with Crippen molar-refractivity contribution in [1.82, 2.24) is 9.97 Å². The molecule has 0 radical (unpaired) electrons. The lowest BCUT2D eigenvalue weighted by molar-refractivity contribution is -0.169. The van der Waals surface area contributed by atoms with Crippen molar-refractivity contribution in [3.63, 3.8) is 0 Å². The van der Waals surface area contributed by atoms with E-state index in [-0.39, 0.29) is 28.1 Å². The SMILES string of the molecule is CS(Cc1ccnc(Nc2cc(-c3ccc(F)c4ccoc34)c(F)cn2)c1)=NC(=O)C(F)(F)F. The van der Waals surface area contributed by atoms with Crippen molar-refractivity contribution < 1.29 is 31.2 Å². The summed E-state index contributed by atoms with van der Waals surface area (Å²) in [6, 6.07) is 8.60. The minimum absolute atomic E-state index is 0.0904. The molecule has 1 unspecified atom stereocenters. The van der Waals surface area contributed by atoms with E-state index >= 15 is 0 Å². The average Bonchev–Trinajstić information content (AvgIpc) is 3.26. The number of alkyl halides is 3. The Hall–Kier alpha value is -3.67. The Morgan fingerprint density at radius 1 is 1.06 bits per heavy atom. The summed E-state index contributed by atoms with van der Waals surface area (Å²) in [5, 5.41) is 3.12. The zero-order valence-corrected chi connectivity index (χ0v) is 18.2. The molecule has 4 rings (SSSR count). The van der Waals surface area contributed by atoms with Gasteiger partial charge in [-0.2, -0.15) is 17.5 Å². The Labute approximate surface area is 191 Å². The fourth-order valence-electron chi connectivity index (χ4n) is 3.18. The summed E-state index contributed by atoms with van der Waals surface area (Å²) in [5.74, 6) is -2.67. The van der Waals surface area contributed by atoms with Gasteiger partial charge in [0.2, 0.25) is 0 Å². The Bertz CT molecular complexity index is 1420. The number of amides is 1. The van der Waals surface area contributed by atoms with Gasteiger partial charge in [-0.15, -0.1) is 0 Å². The molecule has 1 aromatic carbocycles. The second kappa shape index (κ2) is 9.29. The molecule has 0 saturated heterocycles. The molecule has 0 aliphatic rings. The van der Waals surface area contributed by atoms with Gasteiger partial charge in [0.25, 0.3) is 0 Å². The van der Waals surface area contributed by atoms with Crippen LogP contribution in [0.2, 0.25) is 0 Å². The van der Waals surface area contributed by atoms with Crippen LogP contribution in [0.15, 0.2) is 63.8 Å². The summed E-state index contributed by atoms with van der Waals surface area (Å²) in [6.07, 6.45) is 0.135. The quantitative estimate of drug-likeness (QED) is 0.348. The number of anilines is 2. The van der Waals surface area contributed by atoms with Crippen molar-refractivity contribution >= 4 is 39.2 Å². The summed E-state index contributed by atoms with van der Waals surface area (Å²) < 4.78 is 74.3. The van der Waals surface area contributed by atoms with Crippen LogP contribution in [0.1, 0.15) is 5.56 Å². The number of nitrogens with zero attached hydrogens (tertiary/aromatic N) is 3. The van der Waals surface area contributed by atoms with E-state index in [2.05, 4.69) is 19.6 Å². The highest BCUT2D eigenvalue weighted by atomic mass is 32.2. The van der Waals surface area contributed by atoms with Gasteiger partial charge in [0.1, 0.15) is 28.9 Å². The second-order valence-electron chi connectivity index (χ2n) is 7.12. The van der Waals surface area contributed by atoms with Gasteiger partial charge < -0.3 is 9.73 Å². The van der Waals surface area contributed by atoms with Gasteiger partial charge in [-0.25, -0.2) is 18.7 Å². The molecule has 12 heteroatoms. The van der Waals surface area contributed by atoms with E-state index in [0.29, 0.717) is 16.9 Å². The number of pyridine rings is 2. The van der Waals surface area contributed by atoms with Crippen molar-refractivity contribution in [3.8, 4) is 11.1 Å². The van der Waals surface area contributed by atoms with Crippen LogP contribution in [0.25, 0.3) is 22.1 Å². The molecule has 3 heterocycles. The van der Waals surface area contributed by atoms with Crippen molar-refractivity contribution in [2.45, 2.75) is 11.9 Å². The van der Waals surface area contributed by atoms with Gasteiger partial charge in [-0.1, -0.05) is 10.7 Å². The van der Waals surface area contributed by atoms with E-state index in [1.165, 1.54) is 43.0 Å². The van der Waals surface area contributed by atoms with Gasteiger partial charge in [-0.3, -0.25) is 4.79 Å². The molecule has 34 heavy (non-hydrogen) atoms. The first-order valence-electron chi connectivity index (χ1n) is 9.61. The normalized spacial score (nSPS) is 12.8. The molecule has 1 N–H and O–H groups in total. The minimum atomic E-state index is -5.01. The maximum absolute atomic E-state index is 14.6. The Morgan fingerprint density at radius 2 is 1.82 bits per heavy atom. The average molecular weight is 494 g/mol. The lowest BCUT2D eigenvalue weighted by Gasteiger charge is -2.10. The highest BCUT2D eigenvalue weighted by molar-refractivity contribution is 7.86. The first-order valence-corrected chi connectivity index (χ1v) is 11.4. The molecule has 1 amide bonds. The Balaban J connectivity index is 1.58. The zero-order chi connectivity index (χ0) is 24.5. The number of carbonyl (C=O) groups is 1. The molecule has 0 aliphatic heterocycles. The first kappa shape index (κ1) is 23.5. The predicted octanol–water partition coefficient (Wildman–Crippen LogP) is 5.93. The molecule has 0 saturated carbocycles. The number of rotatable bonds is 5. The topological polar surface area (TPSA) is 80.4 Å². The summed E-state index contributed by atoms with van der Waals surface area (Å²) in [7, 11) is -1.20. The molecule has 0 bridgehead atoms. The number of nitrogens with one attached hydrogen (secondary N) is 1. The molecule has 0 aliphatic carbocycles. The van der Waals surface area contributed by atoms with Gasteiger partial charge >= 0.3 is 12.1 Å². The van der Waals surface area contributed by atoms with Crippen molar-refractivity contribution in [2.75, 3.05) is 11.6 Å². The summed E-state index contributed by atoms with van der Waals surface area (Å²) in [5.41, 5.74) is 1.22. The van der Waals surface area contributed by atoms with E-state index in [1.54, 1.807) is 12.1 Å². The fraction of sp³-hybridized carbons (Fsp3) is 0.136. The number of benzene rings is 1. The molecule has 4 aromatic rings. The molecule has 1 atom stereocenters. The van der Waals surface area contributed by atoms with Gasteiger partial charge in [0.15, 0.2) is 0 Å². The maximum Gasteiger partial charge on any atom is 0.474 e. The number of halogens is 5. The van der Waals surface area contributed by atoms with E-state index < -0.39 is 34.4 Å². The van der Waals surface area contributed by atoms with E-state index in [0.717, 1.165) is 6.20 Å². The van der Waals surface area contributed by atoms with Crippen molar-refractivity contribution in [3.05, 3.63) is 72.3 Å². The van der Waals surface area contributed by atoms with Gasteiger partial charge in [-0.05, 0) is 48.2 Å². The molecule has 3 aromatic heterocycles. The van der Waals surface area contributed by atoms with Gasteiger partial charge in [0.05, 0.1) is 17.8 Å². The monoisotopic (exact) mass is 494 g/mol. The summed E-state index contributed by atoms with van der Waals surface area (Å²) in [4.78, 5) is 19.2. The smallest absolute Gasteiger partial charge is 0.464 e. The van der Waals surface area contributed by atoms with Crippen molar-refractivity contribution in [1.29, 1.82) is 0 Å². The minimum Gasteiger partial charge on any atom is -0.464 e. The van der Waals surface area contributed by atoms with Gasteiger partial charge in [0, 0.05) is 23.1 Å². The van der Waals surface area contributed by atoms with Crippen LogP contribution in [0.5, 0.6) is 0 Å². The summed E-state index contributed by atoms with van der Waals surface area (Å²) >= 11 is 0. The fourth-order valence-corrected chi connectivity index (χ4v) is 4.30. The third-order valence-electron chi connectivity index (χ3n) is 4.65. The predicted molar refractivity (Wildman–Crippen MR) is 117 cm³/mol. The second-order valence-corrected chi connectivity index (χ2v) is 8.79. The number of aromatic nitrogens is 2. The van der Waals surface area contributed by atoms with Crippen LogP contribution >= 0.6 is 0 Å². The van der Waals surface area contributed by atoms with E-state index in [1.807, 2.05) is 0 Å². The van der Waals surface area contributed by atoms with Crippen LogP contribution in [-0.2, 0) is 21.2 Å². The lowest BCUT2D eigenvalue weighted by Crippen LogP contribution is -2.21. The number of hydrogen-bond acceptors (Lipinski definition) is 5. The third kappa shape index (κ3) is 5.11. The van der Waals surface area contributed by atoms with E-state index in [9.17, 15) is 26.7 Å². The van der Waals surface area contributed by atoms with Crippen LogP contribution in [0, 0.1) is 11.6 Å². The first-order chi connectivity index (χ1) is 16.1. The summed E-state index contributed by atoms with van der Waals surface area (Å²) in [6.45, 7) is 0. The number of hydrogen-bond donors (Lipinski definition) is 1.